The quantitative estimate of drug-likeness (QED) is 0.397. The molecule has 0 spiro atoms. The molecule has 0 bridgehead atoms. The number of rotatable bonds is 2. The van der Waals surface area contributed by atoms with Crippen molar-refractivity contribution in [2.24, 2.45) is 0 Å². The van der Waals surface area contributed by atoms with Gasteiger partial charge in [0.15, 0.2) is 12.1 Å². The maximum Gasteiger partial charge on any atom is 0.217 e. The molecule has 0 aromatic rings. The predicted molar refractivity (Wildman–Crippen MR) is 46.6 cm³/mol. The fourth-order valence-electron chi connectivity index (χ4n) is 1.34. The third-order valence-electron chi connectivity index (χ3n) is 2.09. The molecule has 0 aromatic carbocycles. The SMILES string of the molecule is CC(=O)N[C@@H]1C(=O)[C@H](O)[C@@H](CO)O[C@@H]1O. The molecule has 86 valence electrons. The van der Waals surface area contributed by atoms with Gasteiger partial charge in [-0.2, -0.15) is 0 Å². The van der Waals surface area contributed by atoms with Crippen molar-refractivity contribution in [2.75, 3.05) is 6.61 Å². The van der Waals surface area contributed by atoms with Gasteiger partial charge in [-0.25, -0.2) is 0 Å². The van der Waals surface area contributed by atoms with Crippen molar-refractivity contribution in [2.45, 2.75) is 31.5 Å². The number of amides is 1. The molecular weight excluding hydrogens is 206 g/mol. The standard InChI is InChI=1S/C8H13NO6/c1-3(11)9-5-7(13)6(12)4(2-10)15-8(5)14/h4-6,8,10,12,14H,2H2,1H3,(H,9,11)/t4-,5-,6-,8+/m1/s1. The molecule has 1 fully saturated rings. The van der Waals surface area contributed by atoms with E-state index in [1.54, 1.807) is 0 Å². The molecule has 7 heteroatoms. The Morgan fingerprint density at radius 3 is 2.60 bits per heavy atom. The summed E-state index contributed by atoms with van der Waals surface area (Å²) in [6.45, 7) is 0.585. The van der Waals surface area contributed by atoms with Gasteiger partial charge >= 0.3 is 0 Å². The lowest BCUT2D eigenvalue weighted by Crippen LogP contribution is -2.61. The highest BCUT2D eigenvalue weighted by Crippen LogP contribution is 2.15. The van der Waals surface area contributed by atoms with Crippen LogP contribution in [-0.4, -0.2) is 58.2 Å². The molecule has 0 saturated carbocycles. The number of carbonyl (C=O) groups excluding carboxylic acids is 2. The topological polar surface area (TPSA) is 116 Å². The molecule has 0 unspecified atom stereocenters. The summed E-state index contributed by atoms with van der Waals surface area (Å²) in [6.07, 6.45) is -4.25. The van der Waals surface area contributed by atoms with E-state index >= 15 is 0 Å². The number of aliphatic hydroxyl groups excluding tert-OH is 3. The van der Waals surface area contributed by atoms with E-state index in [1.165, 1.54) is 6.92 Å². The number of hydrogen-bond acceptors (Lipinski definition) is 6. The van der Waals surface area contributed by atoms with Gasteiger partial charge in [0.05, 0.1) is 6.61 Å². The minimum atomic E-state index is -1.55. The zero-order chi connectivity index (χ0) is 11.6. The molecular formula is C8H13NO6. The molecule has 1 heterocycles. The first-order valence-corrected chi connectivity index (χ1v) is 4.40. The van der Waals surface area contributed by atoms with Crippen LogP contribution >= 0.6 is 0 Å². The van der Waals surface area contributed by atoms with Crippen molar-refractivity contribution in [3.8, 4) is 0 Å². The number of Topliss-reactive ketones (excluding diaryl/α,β-unsaturated/α-hetero) is 1. The van der Waals surface area contributed by atoms with E-state index in [0.717, 1.165) is 0 Å². The van der Waals surface area contributed by atoms with Crippen LogP contribution in [0.4, 0.5) is 0 Å². The van der Waals surface area contributed by atoms with Crippen LogP contribution in [0.5, 0.6) is 0 Å². The lowest BCUT2D eigenvalue weighted by Gasteiger charge is -2.34. The van der Waals surface area contributed by atoms with E-state index in [-0.39, 0.29) is 0 Å². The van der Waals surface area contributed by atoms with E-state index in [0.29, 0.717) is 0 Å². The largest absolute Gasteiger partial charge is 0.394 e. The van der Waals surface area contributed by atoms with Crippen molar-refractivity contribution in [3.63, 3.8) is 0 Å². The van der Waals surface area contributed by atoms with Crippen molar-refractivity contribution in [1.82, 2.24) is 5.32 Å². The molecule has 4 N–H and O–H groups in total. The molecule has 1 saturated heterocycles. The van der Waals surface area contributed by atoms with Gasteiger partial charge in [-0.05, 0) is 0 Å². The highest BCUT2D eigenvalue weighted by molar-refractivity contribution is 5.92. The third kappa shape index (κ3) is 2.51. The normalized spacial score (nSPS) is 36.4. The average molecular weight is 219 g/mol. The molecule has 0 radical (unpaired) electrons. The van der Waals surface area contributed by atoms with Crippen LogP contribution in [0, 0.1) is 0 Å². The molecule has 1 aliphatic rings. The number of nitrogens with one attached hydrogen (secondary N) is 1. The van der Waals surface area contributed by atoms with Crippen LogP contribution in [0.1, 0.15) is 6.92 Å². The molecule has 0 aromatic heterocycles. The van der Waals surface area contributed by atoms with E-state index in [1.807, 2.05) is 0 Å². The Kier molecular flexibility index (Phi) is 3.75. The summed E-state index contributed by atoms with van der Waals surface area (Å²) in [4.78, 5) is 22.1. The maximum atomic E-state index is 11.4. The second-order valence-electron chi connectivity index (χ2n) is 3.27. The first kappa shape index (κ1) is 12.1. The summed E-state index contributed by atoms with van der Waals surface area (Å²) in [6, 6.07) is -1.29. The van der Waals surface area contributed by atoms with Gasteiger partial charge in [0.1, 0.15) is 18.2 Å². The van der Waals surface area contributed by atoms with Crippen LogP contribution in [0.25, 0.3) is 0 Å². The Morgan fingerprint density at radius 2 is 2.13 bits per heavy atom. The minimum Gasteiger partial charge on any atom is -0.394 e. The molecule has 0 aliphatic carbocycles. The highest BCUT2D eigenvalue weighted by Gasteiger charge is 2.43. The van der Waals surface area contributed by atoms with Crippen molar-refractivity contribution >= 4 is 11.7 Å². The average Bonchev–Trinajstić information content (AvgIpc) is 2.18. The van der Waals surface area contributed by atoms with Crippen LogP contribution in [-0.2, 0) is 14.3 Å². The zero-order valence-corrected chi connectivity index (χ0v) is 8.08. The zero-order valence-electron chi connectivity index (χ0n) is 8.08. The highest BCUT2D eigenvalue weighted by atomic mass is 16.6. The Hall–Kier alpha value is -1.02. The van der Waals surface area contributed by atoms with Crippen LogP contribution in [0.15, 0.2) is 0 Å². The molecule has 1 amide bonds. The Balaban J connectivity index is 2.75. The molecule has 1 aliphatic heterocycles. The van der Waals surface area contributed by atoms with E-state index in [9.17, 15) is 19.8 Å². The van der Waals surface area contributed by atoms with Crippen molar-refractivity contribution < 1.29 is 29.6 Å². The number of hydrogen-bond donors (Lipinski definition) is 4. The maximum absolute atomic E-state index is 11.4. The molecule has 7 nitrogen and oxygen atoms in total. The number of carbonyl (C=O) groups is 2. The van der Waals surface area contributed by atoms with E-state index < -0.39 is 42.8 Å². The van der Waals surface area contributed by atoms with Gasteiger partial charge in [-0.15, -0.1) is 0 Å². The van der Waals surface area contributed by atoms with E-state index in [2.05, 4.69) is 5.32 Å². The Labute approximate surface area is 85.7 Å². The second kappa shape index (κ2) is 4.67. The summed E-state index contributed by atoms with van der Waals surface area (Å²) < 4.78 is 4.75. The van der Waals surface area contributed by atoms with Gasteiger partial charge in [-0.3, -0.25) is 9.59 Å². The summed E-state index contributed by atoms with van der Waals surface area (Å²) in [7, 11) is 0. The summed E-state index contributed by atoms with van der Waals surface area (Å²) in [5.41, 5.74) is 0. The minimum absolute atomic E-state index is 0.523. The number of aliphatic hydroxyl groups is 3. The lowest BCUT2D eigenvalue weighted by atomic mass is 9.99. The molecule has 1 rings (SSSR count). The number of ketones is 1. The van der Waals surface area contributed by atoms with Crippen molar-refractivity contribution in [1.29, 1.82) is 0 Å². The predicted octanol–water partition coefficient (Wildman–Crippen LogP) is -2.87. The second-order valence-corrected chi connectivity index (χ2v) is 3.27. The summed E-state index contributed by atoms with van der Waals surface area (Å²) >= 11 is 0. The molecule has 15 heavy (non-hydrogen) atoms. The van der Waals surface area contributed by atoms with Crippen LogP contribution < -0.4 is 5.32 Å². The fraction of sp³-hybridized carbons (Fsp3) is 0.750. The monoisotopic (exact) mass is 219 g/mol. The lowest BCUT2D eigenvalue weighted by molar-refractivity contribution is -0.215. The first-order valence-electron chi connectivity index (χ1n) is 4.40. The number of ether oxygens (including phenoxy) is 1. The summed E-state index contributed by atoms with van der Waals surface area (Å²) in [5.74, 6) is -1.30. The fourth-order valence-corrected chi connectivity index (χ4v) is 1.34. The van der Waals surface area contributed by atoms with Crippen molar-refractivity contribution in [3.05, 3.63) is 0 Å². The Bertz CT molecular complexity index is 268. The van der Waals surface area contributed by atoms with Gasteiger partial charge < -0.3 is 25.4 Å². The first-order chi connectivity index (χ1) is 6.97. The van der Waals surface area contributed by atoms with Gasteiger partial charge in [0, 0.05) is 6.92 Å². The van der Waals surface area contributed by atoms with Crippen LogP contribution in [0.2, 0.25) is 0 Å². The van der Waals surface area contributed by atoms with Gasteiger partial charge in [-0.1, -0.05) is 0 Å². The summed E-state index contributed by atoms with van der Waals surface area (Å²) in [5, 5.41) is 29.5. The molecule has 4 atom stereocenters. The smallest absolute Gasteiger partial charge is 0.217 e. The Morgan fingerprint density at radius 1 is 1.53 bits per heavy atom. The van der Waals surface area contributed by atoms with E-state index in [4.69, 9.17) is 9.84 Å². The third-order valence-corrected chi connectivity index (χ3v) is 2.09. The van der Waals surface area contributed by atoms with Gasteiger partial charge in [0.2, 0.25) is 5.91 Å². The van der Waals surface area contributed by atoms with Crippen LogP contribution in [0.3, 0.4) is 0 Å². The van der Waals surface area contributed by atoms with Gasteiger partial charge in [0.25, 0.3) is 0 Å².